The number of benzene rings is 2. The summed E-state index contributed by atoms with van der Waals surface area (Å²) in [7, 11) is 0. The molecule has 1 amide bonds. The lowest BCUT2D eigenvalue weighted by Crippen LogP contribution is -2.13. The molecule has 0 fully saturated rings. The summed E-state index contributed by atoms with van der Waals surface area (Å²) in [6, 6.07) is 17.2. The minimum atomic E-state index is -0.207. The van der Waals surface area contributed by atoms with E-state index in [4.69, 9.17) is 11.6 Å². The third-order valence-electron chi connectivity index (χ3n) is 3.78. The molecule has 0 unspecified atom stereocenters. The molecule has 0 aliphatic carbocycles. The van der Waals surface area contributed by atoms with E-state index in [1.54, 1.807) is 30.6 Å². The Labute approximate surface area is 151 Å². The zero-order valence-corrected chi connectivity index (χ0v) is 14.5. The minimum absolute atomic E-state index is 0.207. The first kappa shape index (κ1) is 17.0. The lowest BCUT2D eigenvalue weighted by Gasteiger charge is -2.10. The Morgan fingerprint density at radius 3 is 2.64 bits per heavy atom. The number of nitrogens with one attached hydrogen (secondary N) is 2. The largest absolute Gasteiger partial charge is 0.380 e. The fourth-order valence-electron chi connectivity index (χ4n) is 2.42. The molecule has 0 atom stereocenters. The number of rotatable bonds is 5. The molecule has 0 saturated carbocycles. The molecule has 0 spiro atoms. The Morgan fingerprint density at radius 2 is 1.88 bits per heavy atom. The maximum atomic E-state index is 12.5. The van der Waals surface area contributed by atoms with Gasteiger partial charge in [0.1, 0.15) is 0 Å². The van der Waals surface area contributed by atoms with Crippen LogP contribution in [0.2, 0.25) is 5.02 Å². The molecular formula is C20H18ClN3O. The van der Waals surface area contributed by atoms with Gasteiger partial charge >= 0.3 is 0 Å². The number of aryl methyl sites for hydroxylation is 1. The van der Waals surface area contributed by atoms with Crippen molar-refractivity contribution in [1.82, 2.24) is 4.98 Å². The standard InChI is InChI=1S/C20H18ClN3O/c1-14-9-17(21)7-8-19(14)24-20(25)16-10-18(13-22-12-16)23-11-15-5-3-2-4-6-15/h2-10,12-13,23H,11H2,1H3,(H,24,25). The molecule has 3 rings (SSSR count). The quantitative estimate of drug-likeness (QED) is 0.686. The van der Waals surface area contributed by atoms with Crippen LogP contribution in [0.3, 0.4) is 0 Å². The highest BCUT2D eigenvalue weighted by Gasteiger charge is 2.09. The number of nitrogens with zero attached hydrogens (tertiary/aromatic N) is 1. The second kappa shape index (κ2) is 7.81. The summed E-state index contributed by atoms with van der Waals surface area (Å²) in [6.45, 7) is 2.57. The van der Waals surface area contributed by atoms with Gasteiger partial charge < -0.3 is 10.6 Å². The second-order valence-electron chi connectivity index (χ2n) is 5.71. The SMILES string of the molecule is Cc1cc(Cl)ccc1NC(=O)c1cncc(NCc2ccccc2)c1. The highest BCUT2D eigenvalue weighted by atomic mass is 35.5. The predicted molar refractivity (Wildman–Crippen MR) is 102 cm³/mol. The van der Waals surface area contributed by atoms with Crippen LogP contribution in [0.4, 0.5) is 11.4 Å². The van der Waals surface area contributed by atoms with Gasteiger partial charge in [0.05, 0.1) is 11.3 Å². The van der Waals surface area contributed by atoms with Crippen molar-refractivity contribution >= 4 is 28.9 Å². The molecule has 5 heteroatoms. The molecule has 0 aliphatic heterocycles. The van der Waals surface area contributed by atoms with Gasteiger partial charge in [-0.1, -0.05) is 41.9 Å². The molecular weight excluding hydrogens is 334 g/mol. The molecule has 1 aromatic heterocycles. The molecule has 0 radical (unpaired) electrons. The van der Waals surface area contributed by atoms with Crippen LogP contribution in [0.1, 0.15) is 21.5 Å². The summed E-state index contributed by atoms with van der Waals surface area (Å²) < 4.78 is 0. The Kier molecular flexibility index (Phi) is 5.31. The van der Waals surface area contributed by atoms with E-state index in [0.29, 0.717) is 17.1 Å². The molecule has 0 saturated heterocycles. The van der Waals surface area contributed by atoms with Gasteiger partial charge in [-0.25, -0.2) is 0 Å². The number of anilines is 2. The van der Waals surface area contributed by atoms with Crippen LogP contribution in [0.15, 0.2) is 67.0 Å². The van der Waals surface area contributed by atoms with Crippen LogP contribution in [0, 0.1) is 6.92 Å². The zero-order valence-electron chi connectivity index (χ0n) is 13.8. The lowest BCUT2D eigenvalue weighted by atomic mass is 10.2. The number of hydrogen-bond acceptors (Lipinski definition) is 3. The first-order valence-electron chi connectivity index (χ1n) is 7.92. The molecule has 2 N–H and O–H groups in total. The maximum absolute atomic E-state index is 12.5. The van der Waals surface area contributed by atoms with E-state index in [2.05, 4.69) is 15.6 Å². The number of carbonyl (C=O) groups excluding carboxylic acids is 1. The summed E-state index contributed by atoms with van der Waals surface area (Å²) in [4.78, 5) is 16.6. The van der Waals surface area contributed by atoms with E-state index >= 15 is 0 Å². The topological polar surface area (TPSA) is 54.0 Å². The van der Waals surface area contributed by atoms with Crippen LogP contribution < -0.4 is 10.6 Å². The van der Waals surface area contributed by atoms with Crippen molar-refractivity contribution in [3.8, 4) is 0 Å². The van der Waals surface area contributed by atoms with Crippen molar-refractivity contribution in [3.05, 3.63) is 88.7 Å². The first-order chi connectivity index (χ1) is 12.1. The van der Waals surface area contributed by atoms with Crippen LogP contribution in [0.5, 0.6) is 0 Å². The van der Waals surface area contributed by atoms with Crippen LogP contribution in [-0.4, -0.2) is 10.9 Å². The molecule has 126 valence electrons. The maximum Gasteiger partial charge on any atom is 0.257 e. The molecule has 0 bridgehead atoms. The van der Waals surface area contributed by atoms with Gasteiger partial charge in [-0.3, -0.25) is 9.78 Å². The van der Waals surface area contributed by atoms with Crippen molar-refractivity contribution in [2.45, 2.75) is 13.5 Å². The highest BCUT2D eigenvalue weighted by Crippen LogP contribution is 2.20. The third kappa shape index (κ3) is 4.58. The van der Waals surface area contributed by atoms with Crippen molar-refractivity contribution in [2.75, 3.05) is 10.6 Å². The van der Waals surface area contributed by atoms with Crippen molar-refractivity contribution in [2.24, 2.45) is 0 Å². The van der Waals surface area contributed by atoms with E-state index in [9.17, 15) is 4.79 Å². The minimum Gasteiger partial charge on any atom is -0.380 e. The number of halogens is 1. The van der Waals surface area contributed by atoms with Gasteiger partial charge in [-0.15, -0.1) is 0 Å². The molecule has 1 heterocycles. The molecule has 4 nitrogen and oxygen atoms in total. The van der Waals surface area contributed by atoms with Gasteiger partial charge in [0.15, 0.2) is 0 Å². The molecule has 0 aliphatic rings. The lowest BCUT2D eigenvalue weighted by molar-refractivity contribution is 0.102. The number of hydrogen-bond donors (Lipinski definition) is 2. The average Bonchev–Trinajstić information content (AvgIpc) is 2.63. The monoisotopic (exact) mass is 351 g/mol. The fourth-order valence-corrected chi connectivity index (χ4v) is 2.65. The van der Waals surface area contributed by atoms with Crippen molar-refractivity contribution in [3.63, 3.8) is 0 Å². The first-order valence-corrected chi connectivity index (χ1v) is 8.30. The zero-order chi connectivity index (χ0) is 17.6. The van der Waals surface area contributed by atoms with Crippen molar-refractivity contribution in [1.29, 1.82) is 0 Å². The number of pyridine rings is 1. The van der Waals surface area contributed by atoms with Crippen LogP contribution in [-0.2, 0) is 6.54 Å². The Balaban J connectivity index is 1.69. The number of aromatic nitrogens is 1. The number of amides is 1. The Hall–Kier alpha value is -2.85. The smallest absolute Gasteiger partial charge is 0.257 e. The average molecular weight is 352 g/mol. The number of carbonyl (C=O) groups is 1. The van der Waals surface area contributed by atoms with E-state index < -0.39 is 0 Å². The van der Waals surface area contributed by atoms with E-state index in [-0.39, 0.29) is 5.91 Å². The third-order valence-corrected chi connectivity index (χ3v) is 4.01. The molecule has 3 aromatic rings. The van der Waals surface area contributed by atoms with Gasteiger partial charge in [0.2, 0.25) is 0 Å². The summed E-state index contributed by atoms with van der Waals surface area (Å²) >= 11 is 5.95. The Bertz CT molecular complexity index is 881. The van der Waals surface area contributed by atoms with E-state index in [1.165, 1.54) is 0 Å². The van der Waals surface area contributed by atoms with Gasteiger partial charge in [0, 0.05) is 29.6 Å². The van der Waals surface area contributed by atoms with E-state index in [0.717, 1.165) is 22.5 Å². The molecule has 25 heavy (non-hydrogen) atoms. The Morgan fingerprint density at radius 1 is 1.08 bits per heavy atom. The van der Waals surface area contributed by atoms with Gasteiger partial charge in [-0.05, 0) is 42.3 Å². The van der Waals surface area contributed by atoms with Gasteiger partial charge in [-0.2, -0.15) is 0 Å². The van der Waals surface area contributed by atoms with E-state index in [1.807, 2.05) is 43.3 Å². The fraction of sp³-hybridized carbons (Fsp3) is 0.100. The van der Waals surface area contributed by atoms with Crippen molar-refractivity contribution < 1.29 is 4.79 Å². The normalized spacial score (nSPS) is 10.3. The second-order valence-corrected chi connectivity index (χ2v) is 6.15. The summed E-state index contributed by atoms with van der Waals surface area (Å²) in [5.41, 5.74) is 4.09. The predicted octanol–water partition coefficient (Wildman–Crippen LogP) is 4.91. The summed E-state index contributed by atoms with van der Waals surface area (Å²) in [5.74, 6) is -0.207. The summed E-state index contributed by atoms with van der Waals surface area (Å²) in [6.07, 6.45) is 3.25. The summed E-state index contributed by atoms with van der Waals surface area (Å²) in [5, 5.41) is 6.81. The van der Waals surface area contributed by atoms with Gasteiger partial charge in [0.25, 0.3) is 5.91 Å². The van der Waals surface area contributed by atoms with Crippen LogP contribution in [0.25, 0.3) is 0 Å². The molecule has 2 aromatic carbocycles. The van der Waals surface area contributed by atoms with Crippen LogP contribution >= 0.6 is 11.6 Å². The highest BCUT2D eigenvalue weighted by molar-refractivity contribution is 6.30.